The standard InChI is InChI=1S/C12H17IO3/c1-7-5-8(6-9(13)10(7)14)12(3-4-12)11(15)16-2/h8-9,14H,3-6H2,1-2H3. The van der Waals surface area contributed by atoms with Crippen molar-refractivity contribution >= 4 is 28.6 Å². The molecule has 4 heteroatoms. The second-order valence-corrected chi connectivity index (χ2v) is 6.42. The molecule has 0 aromatic rings. The van der Waals surface area contributed by atoms with E-state index in [4.69, 9.17) is 4.74 Å². The molecule has 16 heavy (non-hydrogen) atoms. The van der Waals surface area contributed by atoms with Gasteiger partial charge in [0.05, 0.1) is 16.4 Å². The van der Waals surface area contributed by atoms with Crippen LogP contribution in [0.1, 0.15) is 32.6 Å². The zero-order valence-corrected chi connectivity index (χ0v) is 11.8. The van der Waals surface area contributed by atoms with E-state index in [0.29, 0.717) is 11.7 Å². The van der Waals surface area contributed by atoms with E-state index in [1.54, 1.807) is 0 Å². The smallest absolute Gasteiger partial charge is 0.312 e. The normalized spacial score (nSPS) is 32.4. The summed E-state index contributed by atoms with van der Waals surface area (Å²) in [5.41, 5.74) is 0.797. The molecular weight excluding hydrogens is 319 g/mol. The topological polar surface area (TPSA) is 46.5 Å². The number of allylic oxidation sites excluding steroid dienone is 2. The number of rotatable bonds is 2. The summed E-state index contributed by atoms with van der Waals surface area (Å²) in [6, 6.07) is 0. The molecule has 90 valence electrons. The molecule has 2 rings (SSSR count). The molecule has 0 radical (unpaired) electrons. The molecule has 2 atom stereocenters. The Kier molecular flexibility index (Phi) is 3.20. The van der Waals surface area contributed by atoms with Gasteiger partial charge in [0.25, 0.3) is 0 Å². The predicted octanol–water partition coefficient (Wildman–Crippen LogP) is 2.99. The quantitative estimate of drug-likeness (QED) is 0.479. The number of hydrogen-bond donors (Lipinski definition) is 1. The maximum Gasteiger partial charge on any atom is 0.312 e. The molecular formula is C12H17IO3. The molecule has 2 unspecified atom stereocenters. The predicted molar refractivity (Wildman–Crippen MR) is 69.5 cm³/mol. The molecule has 1 saturated carbocycles. The lowest BCUT2D eigenvalue weighted by Gasteiger charge is -2.31. The number of alkyl halides is 1. The summed E-state index contributed by atoms with van der Waals surface area (Å²) in [5, 5.41) is 9.80. The first-order valence-electron chi connectivity index (χ1n) is 5.62. The minimum absolute atomic E-state index is 0.0599. The van der Waals surface area contributed by atoms with Crippen LogP contribution in [0, 0.1) is 11.3 Å². The third kappa shape index (κ3) is 1.85. The van der Waals surface area contributed by atoms with Gasteiger partial charge in [0.2, 0.25) is 0 Å². The fourth-order valence-electron chi connectivity index (χ4n) is 2.72. The molecule has 0 aromatic heterocycles. The highest BCUT2D eigenvalue weighted by molar-refractivity contribution is 14.1. The Hall–Kier alpha value is -0.260. The van der Waals surface area contributed by atoms with Gasteiger partial charge in [-0.3, -0.25) is 4.79 Å². The SMILES string of the molecule is COC(=O)C1(C2CC(C)=C(O)C(I)C2)CC1. The van der Waals surface area contributed by atoms with Crippen LogP contribution in [0.25, 0.3) is 0 Å². The molecule has 0 amide bonds. The van der Waals surface area contributed by atoms with Gasteiger partial charge in [-0.25, -0.2) is 0 Å². The van der Waals surface area contributed by atoms with Gasteiger partial charge in [0.15, 0.2) is 0 Å². The lowest BCUT2D eigenvalue weighted by Crippen LogP contribution is -2.32. The van der Waals surface area contributed by atoms with Gasteiger partial charge in [-0.1, -0.05) is 22.6 Å². The van der Waals surface area contributed by atoms with E-state index in [2.05, 4.69) is 22.6 Å². The Morgan fingerprint density at radius 1 is 1.56 bits per heavy atom. The summed E-state index contributed by atoms with van der Waals surface area (Å²) in [7, 11) is 1.47. The number of ether oxygens (including phenoxy) is 1. The van der Waals surface area contributed by atoms with Gasteiger partial charge in [-0.2, -0.15) is 0 Å². The van der Waals surface area contributed by atoms with Crippen LogP contribution in [0.5, 0.6) is 0 Å². The fraction of sp³-hybridized carbons (Fsp3) is 0.750. The molecule has 0 aliphatic heterocycles. The Morgan fingerprint density at radius 3 is 2.62 bits per heavy atom. The number of hydrogen-bond acceptors (Lipinski definition) is 3. The number of methoxy groups -OCH3 is 1. The van der Waals surface area contributed by atoms with Gasteiger partial charge in [0, 0.05) is 0 Å². The zero-order valence-electron chi connectivity index (χ0n) is 9.62. The van der Waals surface area contributed by atoms with E-state index in [-0.39, 0.29) is 15.3 Å². The lowest BCUT2D eigenvalue weighted by atomic mass is 9.77. The van der Waals surface area contributed by atoms with Crippen molar-refractivity contribution in [3.8, 4) is 0 Å². The molecule has 0 aromatic carbocycles. The van der Waals surface area contributed by atoms with Crippen LogP contribution in [0.3, 0.4) is 0 Å². The number of carbonyl (C=O) groups excluding carboxylic acids is 1. The van der Waals surface area contributed by atoms with Gasteiger partial charge >= 0.3 is 5.97 Å². The fourth-order valence-corrected chi connectivity index (χ4v) is 3.87. The first kappa shape index (κ1) is 12.2. The summed E-state index contributed by atoms with van der Waals surface area (Å²) in [6.45, 7) is 1.96. The van der Waals surface area contributed by atoms with Gasteiger partial charge in [-0.05, 0) is 44.1 Å². The third-order valence-electron chi connectivity index (χ3n) is 3.94. The lowest BCUT2D eigenvalue weighted by molar-refractivity contribution is -0.149. The van der Waals surface area contributed by atoms with Crippen molar-refractivity contribution in [3.05, 3.63) is 11.3 Å². The number of esters is 1. The average molecular weight is 336 g/mol. The van der Waals surface area contributed by atoms with Crippen molar-refractivity contribution in [2.75, 3.05) is 7.11 Å². The maximum absolute atomic E-state index is 11.8. The van der Waals surface area contributed by atoms with Crippen molar-refractivity contribution in [2.24, 2.45) is 11.3 Å². The summed E-state index contributed by atoms with van der Waals surface area (Å²) in [6.07, 6.45) is 3.61. The van der Waals surface area contributed by atoms with E-state index >= 15 is 0 Å². The molecule has 0 saturated heterocycles. The van der Waals surface area contributed by atoms with E-state index in [9.17, 15) is 9.90 Å². The highest BCUT2D eigenvalue weighted by Crippen LogP contribution is 2.58. The van der Waals surface area contributed by atoms with Crippen LogP contribution < -0.4 is 0 Å². The van der Waals surface area contributed by atoms with E-state index in [0.717, 1.165) is 31.3 Å². The van der Waals surface area contributed by atoms with E-state index in [1.165, 1.54) is 7.11 Å². The monoisotopic (exact) mass is 336 g/mol. The third-order valence-corrected chi connectivity index (χ3v) is 5.04. The van der Waals surface area contributed by atoms with Crippen molar-refractivity contribution < 1.29 is 14.6 Å². The average Bonchev–Trinajstić information content (AvgIpc) is 3.05. The van der Waals surface area contributed by atoms with Crippen molar-refractivity contribution in [2.45, 2.75) is 36.5 Å². The van der Waals surface area contributed by atoms with Crippen LogP contribution in [0.2, 0.25) is 0 Å². The van der Waals surface area contributed by atoms with Crippen LogP contribution in [0.4, 0.5) is 0 Å². The number of halogens is 1. The van der Waals surface area contributed by atoms with Gasteiger partial charge in [0.1, 0.15) is 5.76 Å². The van der Waals surface area contributed by atoms with E-state index in [1.807, 2.05) is 6.92 Å². The second-order valence-electron chi connectivity index (χ2n) is 4.92. The van der Waals surface area contributed by atoms with Crippen LogP contribution in [-0.2, 0) is 9.53 Å². The summed E-state index contributed by atoms with van der Waals surface area (Å²) in [4.78, 5) is 11.8. The molecule has 2 aliphatic carbocycles. The van der Waals surface area contributed by atoms with Gasteiger partial charge < -0.3 is 9.84 Å². The zero-order chi connectivity index (χ0) is 11.9. The number of carbonyl (C=O) groups is 1. The molecule has 0 spiro atoms. The molecule has 0 heterocycles. The highest BCUT2D eigenvalue weighted by atomic mass is 127. The summed E-state index contributed by atoms with van der Waals surface area (Å²) < 4.78 is 5.06. The minimum Gasteiger partial charge on any atom is -0.511 e. The molecule has 0 bridgehead atoms. The van der Waals surface area contributed by atoms with Crippen LogP contribution >= 0.6 is 22.6 Å². The molecule has 2 aliphatic rings. The second kappa shape index (κ2) is 4.20. The van der Waals surface area contributed by atoms with Gasteiger partial charge in [-0.15, -0.1) is 0 Å². The van der Waals surface area contributed by atoms with Crippen LogP contribution in [0.15, 0.2) is 11.3 Å². The van der Waals surface area contributed by atoms with E-state index < -0.39 is 0 Å². The Morgan fingerprint density at radius 2 is 2.19 bits per heavy atom. The minimum atomic E-state index is -0.236. The van der Waals surface area contributed by atoms with Crippen molar-refractivity contribution in [1.82, 2.24) is 0 Å². The maximum atomic E-state index is 11.8. The highest BCUT2D eigenvalue weighted by Gasteiger charge is 2.57. The Labute approximate surface area is 109 Å². The summed E-state index contributed by atoms with van der Waals surface area (Å²) >= 11 is 2.26. The first-order valence-corrected chi connectivity index (χ1v) is 6.87. The number of aliphatic hydroxyl groups is 1. The molecule has 1 N–H and O–H groups in total. The largest absolute Gasteiger partial charge is 0.511 e. The Balaban J connectivity index is 2.17. The molecule has 1 fully saturated rings. The summed E-state index contributed by atoms with van der Waals surface area (Å²) in [5.74, 6) is 0.797. The van der Waals surface area contributed by atoms with Crippen molar-refractivity contribution in [1.29, 1.82) is 0 Å². The van der Waals surface area contributed by atoms with Crippen LogP contribution in [-0.4, -0.2) is 22.1 Å². The number of aliphatic hydroxyl groups excluding tert-OH is 1. The van der Waals surface area contributed by atoms with Crippen molar-refractivity contribution in [3.63, 3.8) is 0 Å². The first-order chi connectivity index (χ1) is 7.51. The Bertz CT molecular complexity index is 344. The molecule has 3 nitrogen and oxygen atoms in total.